The predicted octanol–water partition coefficient (Wildman–Crippen LogP) is -1.89. The van der Waals surface area contributed by atoms with Gasteiger partial charge in [-0.2, -0.15) is 0 Å². The normalized spacial score (nSPS) is 14.2. The molecular weight excluding hydrogens is 590 g/mol. The summed E-state index contributed by atoms with van der Waals surface area (Å²) in [5.74, 6) is -7.51. The summed E-state index contributed by atoms with van der Waals surface area (Å²) in [6.07, 6.45) is -0.432. The second kappa shape index (κ2) is 19.7. The van der Waals surface area contributed by atoms with Crippen LogP contribution in [0.15, 0.2) is 30.3 Å². The third kappa shape index (κ3) is 14.6. The van der Waals surface area contributed by atoms with Gasteiger partial charge in [0, 0.05) is 6.42 Å². The monoisotopic (exact) mass is 635 g/mol. The van der Waals surface area contributed by atoms with E-state index in [0.29, 0.717) is 19.4 Å². The fraction of sp³-hybridized carbons (Fsp3) is 0.552. The molecule has 0 unspecified atom stereocenters. The number of rotatable bonds is 21. The number of unbranched alkanes of at least 4 members (excludes halogenated alkanes) is 1. The summed E-state index contributed by atoms with van der Waals surface area (Å²) in [4.78, 5) is 86.4. The van der Waals surface area contributed by atoms with Crippen LogP contribution in [-0.2, 0) is 40.0 Å². The Balaban J connectivity index is 3.12. The van der Waals surface area contributed by atoms with E-state index in [0.717, 1.165) is 5.56 Å². The minimum Gasteiger partial charge on any atom is -0.481 e. The van der Waals surface area contributed by atoms with E-state index in [4.69, 9.17) is 22.3 Å². The number of nitrogens with one attached hydrogen (secondary N) is 4. The predicted molar refractivity (Wildman–Crippen MR) is 162 cm³/mol. The van der Waals surface area contributed by atoms with E-state index in [1.54, 1.807) is 13.8 Å². The second-order valence-corrected chi connectivity index (χ2v) is 10.9. The molecule has 0 bridgehead atoms. The van der Waals surface area contributed by atoms with Gasteiger partial charge in [-0.1, -0.05) is 44.2 Å². The van der Waals surface area contributed by atoms with Gasteiger partial charge < -0.3 is 48.7 Å². The van der Waals surface area contributed by atoms with Crippen LogP contribution < -0.4 is 38.5 Å². The Morgan fingerprint density at radius 2 is 1.31 bits per heavy atom. The largest absolute Gasteiger partial charge is 0.481 e. The molecule has 0 saturated heterocycles. The Morgan fingerprint density at radius 1 is 0.756 bits per heavy atom. The van der Waals surface area contributed by atoms with E-state index >= 15 is 0 Å². The molecule has 1 aromatic rings. The molecule has 0 aromatic heterocycles. The Kier molecular flexibility index (Phi) is 16.8. The highest BCUT2D eigenvalue weighted by Gasteiger charge is 2.33. The molecule has 0 heterocycles. The highest BCUT2D eigenvalue weighted by atomic mass is 16.4. The van der Waals surface area contributed by atoms with Gasteiger partial charge in [0.15, 0.2) is 0 Å². The van der Waals surface area contributed by atoms with Crippen LogP contribution >= 0.6 is 0 Å². The summed E-state index contributed by atoms with van der Waals surface area (Å²) in [6.45, 7) is 3.68. The van der Waals surface area contributed by atoms with Crippen molar-refractivity contribution in [1.29, 1.82) is 0 Å². The molecule has 0 aliphatic carbocycles. The number of hydrogen-bond donors (Lipinski definition) is 9. The number of aliphatic carboxylic acids is 2. The maximum atomic E-state index is 13.4. The maximum absolute atomic E-state index is 13.4. The van der Waals surface area contributed by atoms with Crippen LogP contribution in [0.25, 0.3) is 0 Å². The number of carboxylic acids is 2. The fourth-order valence-corrected chi connectivity index (χ4v) is 4.25. The van der Waals surface area contributed by atoms with Crippen LogP contribution in [0.4, 0.5) is 0 Å². The minimum atomic E-state index is -1.81. The molecule has 45 heavy (non-hydrogen) atoms. The maximum Gasteiger partial charge on any atom is 0.326 e. The standard InChI is InChI=1S/C29H45N7O9/c1-16(2)24(36-25(40)18(31)14-17-8-4-3-5-9-17)28(43)34-19(10-6-7-13-30)26(41)33-20(11-12-22(32)37)27(42)35-21(29(44)45)15-23(38)39/h3-5,8-9,16,18-21,24H,6-7,10-15,30-31H2,1-2H3,(H2,32,37)(H,33,41)(H,34,43)(H,35,42)(H,36,40)(H,38,39)(H,44,45)/t18-,19-,20-,21-,24-/m0/s1. The molecule has 5 atom stereocenters. The molecule has 0 aliphatic rings. The number of primary amides is 1. The zero-order chi connectivity index (χ0) is 34.1. The Bertz CT molecular complexity index is 1180. The number of nitrogens with two attached hydrogens (primary N) is 3. The molecule has 0 radical (unpaired) electrons. The summed E-state index contributed by atoms with van der Waals surface area (Å²) in [7, 11) is 0. The average Bonchev–Trinajstić information content (AvgIpc) is 2.96. The number of amides is 5. The topological polar surface area (TPSA) is 286 Å². The smallest absolute Gasteiger partial charge is 0.326 e. The molecule has 16 nitrogen and oxygen atoms in total. The van der Waals surface area contributed by atoms with E-state index in [2.05, 4.69) is 16.0 Å². The molecule has 12 N–H and O–H groups in total. The van der Waals surface area contributed by atoms with Crippen molar-refractivity contribution in [1.82, 2.24) is 21.3 Å². The molecular formula is C29H45N7O9. The van der Waals surface area contributed by atoms with Gasteiger partial charge in [0.25, 0.3) is 0 Å². The molecule has 0 saturated carbocycles. The third-order valence-corrected chi connectivity index (χ3v) is 6.77. The first kappa shape index (κ1) is 38.5. The summed E-state index contributed by atoms with van der Waals surface area (Å²) < 4.78 is 0. The van der Waals surface area contributed by atoms with Gasteiger partial charge in [0.05, 0.1) is 12.5 Å². The fourth-order valence-electron chi connectivity index (χ4n) is 4.25. The number of carbonyl (C=O) groups excluding carboxylic acids is 5. The molecule has 0 fully saturated rings. The van der Waals surface area contributed by atoms with Gasteiger partial charge in [-0.3, -0.25) is 28.8 Å². The summed E-state index contributed by atoms with van der Waals surface area (Å²) >= 11 is 0. The van der Waals surface area contributed by atoms with E-state index in [1.165, 1.54) is 0 Å². The third-order valence-electron chi connectivity index (χ3n) is 6.77. The van der Waals surface area contributed by atoms with E-state index in [1.807, 2.05) is 35.6 Å². The van der Waals surface area contributed by atoms with Gasteiger partial charge in [0.1, 0.15) is 24.2 Å². The van der Waals surface area contributed by atoms with Crippen LogP contribution in [0.1, 0.15) is 57.9 Å². The molecule has 16 heteroatoms. The molecule has 5 amide bonds. The van der Waals surface area contributed by atoms with E-state index in [9.17, 15) is 38.7 Å². The first-order chi connectivity index (χ1) is 21.2. The molecule has 0 aliphatic heterocycles. The lowest BCUT2D eigenvalue weighted by atomic mass is 10.00. The first-order valence-corrected chi connectivity index (χ1v) is 14.6. The van der Waals surface area contributed by atoms with Crippen molar-refractivity contribution in [3.8, 4) is 0 Å². The Morgan fingerprint density at radius 3 is 1.82 bits per heavy atom. The average molecular weight is 636 g/mol. The van der Waals surface area contributed by atoms with Gasteiger partial charge in [0.2, 0.25) is 29.5 Å². The molecule has 1 rings (SSSR count). The van der Waals surface area contributed by atoms with Crippen LogP contribution in [0.2, 0.25) is 0 Å². The number of benzene rings is 1. The lowest BCUT2D eigenvalue weighted by molar-refractivity contribution is -0.147. The Hall–Kier alpha value is -4.57. The van der Waals surface area contributed by atoms with Crippen LogP contribution in [0.5, 0.6) is 0 Å². The van der Waals surface area contributed by atoms with Crippen molar-refractivity contribution in [2.45, 2.75) is 89.0 Å². The van der Waals surface area contributed by atoms with Gasteiger partial charge in [-0.05, 0) is 50.1 Å². The van der Waals surface area contributed by atoms with Crippen LogP contribution in [0, 0.1) is 5.92 Å². The molecule has 0 spiro atoms. The van der Waals surface area contributed by atoms with Crippen molar-refractivity contribution in [2.75, 3.05) is 6.54 Å². The number of carboxylic acid groups (broad SMARTS) is 2. The first-order valence-electron chi connectivity index (χ1n) is 14.6. The molecule has 1 aromatic carbocycles. The summed E-state index contributed by atoms with van der Waals surface area (Å²) in [5, 5.41) is 28.0. The van der Waals surface area contributed by atoms with Gasteiger partial charge in [-0.25, -0.2) is 4.79 Å². The quantitative estimate of drug-likeness (QED) is 0.0673. The van der Waals surface area contributed by atoms with Gasteiger partial charge in [-0.15, -0.1) is 0 Å². The van der Waals surface area contributed by atoms with Crippen molar-refractivity contribution in [2.24, 2.45) is 23.1 Å². The van der Waals surface area contributed by atoms with Crippen molar-refractivity contribution >= 4 is 41.5 Å². The number of carbonyl (C=O) groups is 7. The van der Waals surface area contributed by atoms with E-state index in [-0.39, 0.29) is 25.7 Å². The van der Waals surface area contributed by atoms with Crippen LogP contribution in [0.3, 0.4) is 0 Å². The van der Waals surface area contributed by atoms with Crippen molar-refractivity contribution in [3.05, 3.63) is 35.9 Å². The summed E-state index contributed by atoms with van der Waals surface area (Å²) in [5.41, 5.74) is 17.7. The van der Waals surface area contributed by atoms with Gasteiger partial charge >= 0.3 is 11.9 Å². The zero-order valence-corrected chi connectivity index (χ0v) is 25.5. The lowest BCUT2D eigenvalue weighted by Gasteiger charge is -2.27. The second-order valence-electron chi connectivity index (χ2n) is 10.9. The lowest BCUT2D eigenvalue weighted by Crippen LogP contribution is -2.59. The van der Waals surface area contributed by atoms with Crippen molar-refractivity contribution in [3.63, 3.8) is 0 Å². The summed E-state index contributed by atoms with van der Waals surface area (Å²) in [6, 6.07) is 2.51. The minimum absolute atomic E-state index is 0.0853. The number of hydrogen-bond acceptors (Lipinski definition) is 9. The zero-order valence-electron chi connectivity index (χ0n) is 25.5. The van der Waals surface area contributed by atoms with E-state index < -0.39 is 84.0 Å². The SMILES string of the molecule is CC(C)[C@H](NC(=O)[C@@H](N)Cc1ccccc1)C(=O)N[C@@H](CCCCN)C(=O)N[C@@H](CCC(N)=O)C(=O)N[C@@H](CC(=O)O)C(=O)O. The highest BCUT2D eigenvalue weighted by Crippen LogP contribution is 2.09. The Labute approximate surface area is 261 Å². The molecule has 250 valence electrons. The van der Waals surface area contributed by atoms with Crippen molar-refractivity contribution < 1.29 is 43.8 Å². The highest BCUT2D eigenvalue weighted by molar-refractivity contribution is 5.96. The van der Waals surface area contributed by atoms with Crippen LogP contribution in [-0.4, -0.2) is 88.4 Å².